The standard InChI is InChI=1S/C19H22N2O3/c1-23-19-9-5-8-16(20-19)13-21-10-11-24-14-17(21)12-18(22)15-6-3-2-4-7-15/h2-9,17H,10-14H2,1H3. The minimum Gasteiger partial charge on any atom is -0.481 e. The van der Waals surface area contributed by atoms with Crippen LogP contribution in [-0.4, -0.2) is 48.6 Å². The number of carbonyl (C=O) groups is 1. The SMILES string of the molecule is COc1cccc(CN2CCOCC2CC(=O)c2ccccc2)n1. The number of Topliss-reactive ketones (excluding diaryl/α,β-unsaturated/α-hetero) is 1. The van der Waals surface area contributed by atoms with Crippen molar-refractivity contribution in [3.05, 3.63) is 59.8 Å². The Morgan fingerprint density at radius 1 is 1.25 bits per heavy atom. The predicted octanol–water partition coefficient (Wildman–Crippen LogP) is 2.56. The highest BCUT2D eigenvalue weighted by Gasteiger charge is 2.26. The number of nitrogens with zero attached hydrogens (tertiary/aromatic N) is 2. The number of rotatable bonds is 6. The fourth-order valence-electron chi connectivity index (χ4n) is 2.91. The van der Waals surface area contributed by atoms with Crippen molar-refractivity contribution in [2.45, 2.75) is 19.0 Å². The van der Waals surface area contributed by atoms with Gasteiger partial charge in [-0.25, -0.2) is 4.98 Å². The zero-order chi connectivity index (χ0) is 16.8. The van der Waals surface area contributed by atoms with Gasteiger partial charge in [0.05, 0.1) is 26.0 Å². The zero-order valence-electron chi connectivity index (χ0n) is 13.9. The van der Waals surface area contributed by atoms with E-state index in [1.807, 2.05) is 48.5 Å². The Bertz CT molecular complexity index is 675. The number of hydrogen-bond donors (Lipinski definition) is 0. The summed E-state index contributed by atoms with van der Waals surface area (Å²) < 4.78 is 10.8. The molecule has 0 aliphatic carbocycles. The number of ketones is 1. The molecule has 0 bridgehead atoms. The summed E-state index contributed by atoms with van der Waals surface area (Å²) in [6.45, 7) is 2.74. The van der Waals surface area contributed by atoms with Gasteiger partial charge < -0.3 is 9.47 Å². The van der Waals surface area contributed by atoms with Crippen LogP contribution in [0, 0.1) is 0 Å². The molecule has 0 saturated carbocycles. The molecule has 1 saturated heterocycles. The smallest absolute Gasteiger partial charge is 0.213 e. The molecule has 3 rings (SSSR count). The largest absolute Gasteiger partial charge is 0.481 e. The number of benzene rings is 1. The molecule has 126 valence electrons. The van der Waals surface area contributed by atoms with E-state index in [4.69, 9.17) is 9.47 Å². The maximum absolute atomic E-state index is 12.5. The average molecular weight is 326 g/mol. The molecular weight excluding hydrogens is 304 g/mol. The quantitative estimate of drug-likeness (QED) is 0.764. The van der Waals surface area contributed by atoms with Gasteiger partial charge in [-0.05, 0) is 6.07 Å². The van der Waals surface area contributed by atoms with Gasteiger partial charge in [-0.3, -0.25) is 9.69 Å². The van der Waals surface area contributed by atoms with Crippen molar-refractivity contribution in [1.82, 2.24) is 9.88 Å². The lowest BCUT2D eigenvalue weighted by Gasteiger charge is -2.35. The van der Waals surface area contributed by atoms with Crippen molar-refractivity contribution < 1.29 is 14.3 Å². The van der Waals surface area contributed by atoms with Gasteiger partial charge in [0.1, 0.15) is 0 Å². The van der Waals surface area contributed by atoms with E-state index in [1.165, 1.54) is 0 Å². The zero-order valence-corrected chi connectivity index (χ0v) is 13.9. The Labute approximate surface area is 142 Å². The molecule has 0 radical (unpaired) electrons. The Hall–Kier alpha value is -2.24. The first-order chi connectivity index (χ1) is 11.8. The van der Waals surface area contributed by atoms with Crippen LogP contribution in [0.3, 0.4) is 0 Å². The van der Waals surface area contributed by atoms with Crippen molar-refractivity contribution in [2.75, 3.05) is 26.9 Å². The molecule has 1 aliphatic rings. The van der Waals surface area contributed by atoms with E-state index in [0.29, 0.717) is 32.1 Å². The van der Waals surface area contributed by atoms with E-state index < -0.39 is 0 Å². The molecule has 2 heterocycles. The second kappa shape index (κ2) is 8.04. The van der Waals surface area contributed by atoms with E-state index in [9.17, 15) is 4.79 Å². The lowest BCUT2D eigenvalue weighted by molar-refractivity contribution is -0.0131. The summed E-state index contributed by atoms with van der Waals surface area (Å²) in [7, 11) is 1.61. The molecule has 1 unspecified atom stereocenters. The minimum absolute atomic E-state index is 0.0689. The number of methoxy groups -OCH3 is 1. The van der Waals surface area contributed by atoms with Crippen LogP contribution in [0.15, 0.2) is 48.5 Å². The van der Waals surface area contributed by atoms with Crippen molar-refractivity contribution >= 4 is 5.78 Å². The first-order valence-corrected chi connectivity index (χ1v) is 8.16. The third-order valence-electron chi connectivity index (χ3n) is 4.22. The lowest BCUT2D eigenvalue weighted by Crippen LogP contribution is -2.46. The molecule has 1 aliphatic heterocycles. The van der Waals surface area contributed by atoms with Gasteiger partial charge in [0.25, 0.3) is 0 Å². The monoisotopic (exact) mass is 326 g/mol. The van der Waals surface area contributed by atoms with Crippen molar-refractivity contribution in [3.8, 4) is 5.88 Å². The Balaban J connectivity index is 1.68. The summed E-state index contributed by atoms with van der Waals surface area (Å²) in [5, 5.41) is 0. The van der Waals surface area contributed by atoms with E-state index in [-0.39, 0.29) is 11.8 Å². The Morgan fingerprint density at radius 3 is 2.88 bits per heavy atom. The van der Waals surface area contributed by atoms with Gasteiger partial charge in [0.15, 0.2) is 5.78 Å². The van der Waals surface area contributed by atoms with Crippen LogP contribution in [0.5, 0.6) is 5.88 Å². The molecule has 0 spiro atoms. The van der Waals surface area contributed by atoms with Gasteiger partial charge in [-0.1, -0.05) is 36.4 Å². The molecule has 5 nitrogen and oxygen atoms in total. The lowest BCUT2D eigenvalue weighted by atomic mass is 10.0. The molecule has 24 heavy (non-hydrogen) atoms. The van der Waals surface area contributed by atoms with Gasteiger partial charge in [-0.2, -0.15) is 0 Å². The van der Waals surface area contributed by atoms with Gasteiger partial charge in [-0.15, -0.1) is 0 Å². The average Bonchev–Trinajstić information content (AvgIpc) is 2.64. The first-order valence-electron chi connectivity index (χ1n) is 8.16. The number of morpholine rings is 1. The predicted molar refractivity (Wildman–Crippen MR) is 91.2 cm³/mol. The summed E-state index contributed by atoms with van der Waals surface area (Å²) in [5.74, 6) is 0.757. The van der Waals surface area contributed by atoms with Crippen molar-refractivity contribution in [2.24, 2.45) is 0 Å². The van der Waals surface area contributed by atoms with Crippen LogP contribution in [0.4, 0.5) is 0 Å². The van der Waals surface area contributed by atoms with Crippen LogP contribution in [0.1, 0.15) is 22.5 Å². The molecule has 2 aromatic rings. The number of hydrogen-bond acceptors (Lipinski definition) is 5. The Morgan fingerprint density at radius 2 is 2.08 bits per heavy atom. The molecule has 1 fully saturated rings. The summed E-state index contributed by atoms with van der Waals surface area (Å²) >= 11 is 0. The topological polar surface area (TPSA) is 51.7 Å². The minimum atomic E-state index is 0.0689. The molecular formula is C19H22N2O3. The number of carbonyl (C=O) groups excluding carboxylic acids is 1. The van der Waals surface area contributed by atoms with Gasteiger partial charge in [0, 0.05) is 37.2 Å². The van der Waals surface area contributed by atoms with E-state index in [2.05, 4.69) is 9.88 Å². The fourth-order valence-corrected chi connectivity index (χ4v) is 2.91. The third kappa shape index (κ3) is 4.19. The highest BCUT2D eigenvalue weighted by molar-refractivity contribution is 5.96. The highest BCUT2D eigenvalue weighted by atomic mass is 16.5. The van der Waals surface area contributed by atoms with Crippen LogP contribution in [0.25, 0.3) is 0 Å². The number of ether oxygens (including phenoxy) is 2. The first kappa shape index (κ1) is 16.6. The van der Waals surface area contributed by atoms with Gasteiger partial charge in [0.2, 0.25) is 5.88 Å². The van der Waals surface area contributed by atoms with Crippen LogP contribution in [0.2, 0.25) is 0 Å². The second-order valence-corrected chi connectivity index (χ2v) is 5.86. The molecule has 0 amide bonds. The third-order valence-corrected chi connectivity index (χ3v) is 4.22. The Kier molecular flexibility index (Phi) is 5.56. The van der Waals surface area contributed by atoms with Crippen LogP contribution < -0.4 is 4.74 Å². The van der Waals surface area contributed by atoms with E-state index in [0.717, 1.165) is 17.8 Å². The highest BCUT2D eigenvalue weighted by Crippen LogP contribution is 2.17. The molecule has 5 heteroatoms. The maximum Gasteiger partial charge on any atom is 0.213 e. The van der Waals surface area contributed by atoms with Crippen LogP contribution in [-0.2, 0) is 11.3 Å². The molecule has 1 aromatic heterocycles. The van der Waals surface area contributed by atoms with E-state index in [1.54, 1.807) is 7.11 Å². The van der Waals surface area contributed by atoms with Gasteiger partial charge >= 0.3 is 0 Å². The summed E-state index contributed by atoms with van der Waals surface area (Å²) in [6.07, 6.45) is 0.452. The van der Waals surface area contributed by atoms with Crippen molar-refractivity contribution in [1.29, 1.82) is 0 Å². The number of pyridine rings is 1. The molecule has 0 N–H and O–H groups in total. The van der Waals surface area contributed by atoms with Crippen LogP contribution >= 0.6 is 0 Å². The second-order valence-electron chi connectivity index (χ2n) is 5.86. The van der Waals surface area contributed by atoms with E-state index >= 15 is 0 Å². The fraction of sp³-hybridized carbons (Fsp3) is 0.368. The van der Waals surface area contributed by atoms with Crippen molar-refractivity contribution in [3.63, 3.8) is 0 Å². The number of aromatic nitrogens is 1. The molecule has 1 aromatic carbocycles. The summed E-state index contributed by atoms with van der Waals surface area (Å²) in [5.41, 5.74) is 1.69. The maximum atomic E-state index is 12.5. The summed E-state index contributed by atoms with van der Waals surface area (Å²) in [6, 6.07) is 15.2. The normalized spacial score (nSPS) is 18.3. The summed E-state index contributed by atoms with van der Waals surface area (Å²) in [4.78, 5) is 19.2. The molecule has 1 atom stereocenters.